The Morgan fingerprint density at radius 2 is 1.79 bits per heavy atom. The molecule has 6 rings (SSSR count). The van der Waals surface area contributed by atoms with E-state index in [0.29, 0.717) is 24.3 Å². The van der Waals surface area contributed by atoms with Crippen LogP contribution >= 0.6 is 0 Å². The molecule has 2 aromatic carbocycles. The number of hydrogen-bond acceptors (Lipinski definition) is 9. The number of esters is 1. The summed E-state index contributed by atoms with van der Waals surface area (Å²) in [4.78, 5) is 65.6. The number of carbonyl (C=O) groups excluding carboxylic acids is 5. The lowest BCUT2D eigenvalue weighted by Gasteiger charge is -2.43. The van der Waals surface area contributed by atoms with Crippen LogP contribution in [0.4, 0.5) is 0 Å². The first-order chi connectivity index (χ1) is 20.4. The summed E-state index contributed by atoms with van der Waals surface area (Å²) in [5.74, 6) is -1.52. The molecule has 0 aromatic heterocycles. The second kappa shape index (κ2) is 11.7. The smallest absolute Gasteiger partial charge is 0.310 e. The zero-order chi connectivity index (χ0) is 29.2. The number of cyclic esters (lactones) is 1. The van der Waals surface area contributed by atoms with Crippen molar-refractivity contribution in [3.63, 3.8) is 0 Å². The maximum atomic E-state index is 13.8. The van der Waals surface area contributed by atoms with Crippen LogP contribution in [0.25, 0.3) is 0 Å². The molecule has 42 heavy (non-hydrogen) atoms. The van der Waals surface area contributed by atoms with E-state index in [1.807, 2.05) is 30.3 Å². The Kier molecular flexibility index (Phi) is 7.66. The minimum atomic E-state index is -1.04. The van der Waals surface area contributed by atoms with E-state index in [0.717, 1.165) is 10.6 Å². The molecule has 4 aliphatic rings. The highest BCUT2D eigenvalue weighted by Gasteiger charge is 2.46. The minimum absolute atomic E-state index is 0.0169. The molecule has 13 heteroatoms. The number of benzene rings is 2. The summed E-state index contributed by atoms with van der Waals surface area (Å²) in [6, 6.07) is 11.2. The van der Waals surface area contributed by atoms with Gasteiger partial charge in [0.2, 0.25) is 24.9 Å². The normalized spacial score (nSPS) is 25.0. The number of hydrazine groups is 1. The van der Waals surface area contributed by atoms with Crippen LogP contribution in [0.3, 0.4) is 0 Å². The maximum absolute atomic E-state index is 13.8. The third-order valence-corrected chi connectivity index (χ3v) is 7.65. The summed E-state index contributed by atoms with van der Waals surface area (Å²) in [6.07, 6.45) is -0.213. The Hall–Kier alpha value is -4.65. The Balaban J connectivity index is 1.15. The second-order valence-corrected chi connectivity index (χ2v) is 10.5. The summed E-state index contributed by atoms with van der Waals surface area (Å²) in [7, 11) is 0. The molecule has 0 spiro atoms. The van der Waals surface area contributed by atoms with Crippen molar-refractivity contribution < 1.29 is 42.9 Å². The molecule has 4 amide bonds. The fraction of sp³-hybridized carbons (Fsp3) is 0.414. The van der Waals surface area contributed by atoms with Gasteiger partial charge in [-0.05, 0) is 43.0 Å². The topological polar surface area (TPSA) is 153 Å². The van der Waals surface area contributed by atoms with Crippen LogP contribution in [-0.2, 0) is 35.3 Å². The van der Waals surface area contributed by atoms with Gasteiger partial charge in [0.15, 0.2) is 11.5 Å². The zero-order valence-electron chi connectivity index (χ0n) is 22.7. The first kappa shape index (κ1) is 27.5. The summed E-state index contributed by atoms with van der Waals surface area (Å²) < 4.78 is 21.7. The van der Waals surface area contributed by atoms with Gasteiger partial charge in [0, 0.05) is 18.5 Å². The average Bonchev–Trinajstić information content (AvgIpc) is 3.59. The number of nitrogens with one attached hydrogen (secondary N) is 2. The molecule has 0 saturated carbocycles. The third kappa shape index (κ3) is 5.59. The molecular weight excluding hydrogens is 548 g/mol. The number of carbonyl (C=O) groups is 5. The molecule has 2 N–H and O–H groups in total. The van der Waals surface area contributed by atoms with E-state index < -0.39 is 48.1 Å². The number of nitrogens with zero attached hydrogens (tertiary/aromatic N) is 2. The highest BCUT2D eigenvalue weighted by atomic mass is 16.7. The maximum Gasteiger partial charge on any atom is 0.310 e. The molecule has 0 radical (unpaired) electrons. The lowest BCUT2D eigenvalue weighted by Crippen LogP contribution is -2.64. The standard InChI is InChI=1S/C29H30N4O9/c34-24-11-9-19(30-26(36)18-8-10-22-23(13-18)41-16-40-22)28(38)33-21(7-4-12-32(24)33)27(37)31-20-14-25(35)42-29(20)39-15-17-5-2-1-3-6-17/h1-3,5-6,8,10,13,19-21,29H,4,7,9,11-12,14-16H2,(H,30,36)(H,31,37)/t19-,20-,21-,29?/m0/s1. The minimum Gasteiger partial charge on any atom is -0.454 e. The monoisotopic (exact) mass is 578 g/mol. The van der Waals surface area contributed by atoms with Crippen molar-refractivity contribution >= 4 is 29.6 Å². The van der Waals surface area contributed by atoms with E-state index >= 15 is 0 Å². The van der Waals surface area contributed by atoms with Crippen molar-refractivity contribution in [2.45, 2.75) is 63.1 Å². The van der Waals surface area contributed by atoms with Gasteiger partial charge in [-0.2, -0.15) is 0 Å². The number of hydrogen-bond donors (Lipinski definition) is 2. The lowest BCUT2D eigenvalue weighted by atomic mass is 10.0. The number of fused-ring (bicyclic) bond motifs is 2. The first-order valence-electron chi connectivity index (χ1n) is 13.9. The average molecular weight is 579 g/mol. The van der Waals surface area contributed by atoms with Crippen LogP contribution in [0.15, 0.2) is 48.5 Å². The van der Waals surface area contributed by atoms with E-state index in [1.54, 1.807) is 12.1 Å². The Labute approximate surface area is 241 Å². The van der Waals surface area contributed by atoms with Crippen LogP contribution in [0.2, 0.25) is 0 Å². The quantitative estimate of drug-likeness (QED) is 0.459. The van der Waals surface area contributed by atoms with Crippen LogP contribution in [0.5, 0.6) is 11.5 Å². The van der Waals surface area contributed by atoms with Crippen molar-refractivity contribution in [1.82, 2.24) is 20.7 Å². The van der Waals surface area contributed by atoms with Gasteiger partial charge in [0.1, 0.15) is 18.1 Å². The highest BCUT2D eigenvalue weighted by molar-refractivity contribution is 6.00. The predicted octanol–water partition coefficient (Wildman–Crippen LogP) is 1.02. The van der Waals surface area contributed by atoms with Gasteiger partial charge >= 0.3 is 5.97 Å². The number of ether oxygens (including phenoxy) is 4. The van der Waals surface area contributed by atoms with E-state index in [4.69, 9.17) is 18.9 Å². The van der Waals surface area contributed by atoms with Crippen molar-refractivity contribution in [2.24, 2.45) is 0 Å². The molecule has 3 saturated heterocycles. The summed E-state index contributed by atoms with van der Waals surface area (Å²) in [6.45, 7) is 0.496. The van der Waals surface area contributed by atoms with Gasteiger partial charge in [-0.3, -0.25) is 29.0 Å². The molecule has 13 nitrogen and oxygen atoms in total. The largest absolute Gasteiger partial charge is 0.454 e. The van der Waals surface area contributed by atoms with E-state index in [2.05, 4.69) is 10.6 Å². The van der Waals surface area contributed by atoms with Gasteiger partial charge in [-0.25, -0.2) is 5.01 Å². The van der Waals surface area contributed by atoms with Gasteiger partial charge in [-0.15, -0.1) is 0 Å². The molecule has 0 aliphatic carbocycles. The Bertz CT molecular complexity index is 1400. The molecule has 4 aliphatic heterocycles. The van der Waals surface area contributed by atoms with Crippen LogP contribution in [-0.4, -0.2) is 77.4 Å². The molecule has 4 heterocycles. The third-order valence-electron chi connectivity index (χ3n) is 7.65. The summed E-state index contributed by atoms with van der Waals surface area (Å²) in [5, 5.41) is 7.99. The fourth-order valence-corrected chi connectivity index (χ4v) is 5.52. The van der Waals surface area contributed by atoms with Gasteiger partial charge in [0.25, 0.3) is 11.8 Å². The zero-order valence-corrected chi connectivity index (χ0v) is 22.7. The van der Waals surface area contributed by atoms with E-state index in [9.17, 15) is 24.0 Å². The van der Waals surface area contributed by atoms with Gasteiger partial charge < -0.3 is 29.6 Å². The van der Waals surface area contributed by atoms with Crippen LogP contribution < -0.4 is 20.1 Å². The molecule has 3 fully saturated rings. The van der Waals surface area contributed by atoms with Gasteiger partial charge in [-0.1, -0.05) is 30.3 Å². The molecule has 220 valence electrons. The SMILES string of the molecule is O=C1C[C@H](NC(=O)[C@@H]2CCCN3C(=O)CC[C@H](NC(=O)c4ccc5c(c4)OCO5)C(=O)N23)C(OCc2ccccc2)O1. The molecule has 1 unspecified atom stereocenters. The molecular formula is C29H30N4O9. The van der Waals surface area contributed by atoms with Crippen molar-refractivity contribution in [3.8, 4) is 11.5 Å². The van der Waals surface area contributed by atoms with E-state index in [-0.39, 0.29) is 50.7 Å². The number of rotatable bonds is 7. The van der Waals surface area contributed by atoms with E-state index in [1.165, 1.54) is 11.1 Å². The fourth-order valence-electron chi connectivity index (χ4n) is 5.52. The molecule has 4 atom stereocenters. The Morgan fingerprint density at radius 1 is 0.976 bits per heavy atom. The second-order valence-electron chi connectivity index (χ2n) is 10.5. The van der Waals surface area contributed by atoms with Gasteiger partial charge in [0.05, 0.1) is 13.0 Å². The first-order valence-corrected chi connectivity index (χ1v) is 13.9. The van der Waals surface area contributed by atoms with Crippen molar-refractivity contribution in [2.75, 3.05) is 13.3 Å². The summed E-state index contributed by atoms with van der Waals surface area (Å²) >= 11 is 0. The summed E-state index contributed by atoms with van der Waals surface area (Å²) in [5.41, 5.74) is 1.14. The van der Waals surface area contributed by atoms with Crippen molar-refractivity contribution in [3.05, 3.63) is 59.7 Å². The van der Waals surface area contributed by atoms with Crippen LogP contribution in [0.1, 0.15) is 48.0 Å². The predicted molar refractivity (Wildman–Crippen MR) is 142 cm³/mol. The highest BCUT2D eigenvalue weighted by Crippen LogP contribution is 2.33. The van der Waals surface area contributed by atoms with Crippen LogP contribution in [0, 0.1) is 0 Å². The van der Waals surface area contributed by atoms with Crippen molar-refractivity contribution in [1.29, 1.82) is 0 Å². The number of amides is 4. The molecule has 0 bridgehead atoms. The lowest BCUT2D eigenvalue weighted by molar-refractivity contribution is -0.177. The Morgan fingerprint density at radius 3 is 2.62 bits per heavy atom. The molecule has 2 aromatic rings.